The van der Waals surface area contributed by atoms with Crippen LogP contribution in [0, 0.1) is 0 Å². The summed E-state index contributed by atoms with van der Waals surface area (Å²) in [6.45, 7) is 0. The first-order chi connectivity index (χ1) is 8.29. The van der Waals surface area contributed by atoms with Crippen LogP contribution in [-0.2, 0) is 19.9 Å². The van der Waals surface area contributed by atoms with Crippen molar-refractivity contribution in [3.63, 3.8) is 0 Å². The van der Waals surface area contributed by atoms with Gasteiger partial charge in [0.05, 0.1) is 0 Å². The number of nitrogens with zero attached hydrogens (tertiary/aromatic N) is 3. The first-order valence-corrected chi connectivity index (χ1v) is 5.61. The highest BCUT2D eigenvalue weighted by Gasteiger charge is 2.11. The average molecular weight is 231 g/mol. The Balaban J connectivity index is 2.00. The quantitative estimate of drug-likeness (QED) is 0.578. The Morgan fingerprint density at radius 1 is 1.29 bits per heavy atom. The van der Waals surface area contributed by atoms with Crippen LogP contribution in [0.5, 0.6) is 0 Å². The molecule has 0 radical (unpaired) electrons. The number of hydrogen-bond donors (Lipinski definition) is 2. The number of aryl methyl sites for hydroxylation is 1. The third-order valence-corrected chi connectivity index (χ3v) is 2.82. The molecule has 0 bridgehead atoms. The summed E-state index contributed by atoms with van der Waals surface area (Å²) in [7, 11) is 1.99. The normalized spacial score (nSPS) is 12.6. The highest BCUT2D eigenvalue weighted by molar-refractivity contribution is 5.12. The van der Waals surface area contributed by atoms with Crippen molar-refractivity contribution in [1.82, 2.24) is 20.0 Å². The summed E-state index contributed by atoms with van der Waals surface area (Å²) in [5.74, 6) is 6.61. The van der Waals surface area contributed by atoms with Crippen molar-refractivity contribution in [2.45, 2.75) is 18.9 Å². The van der Waals surface area contributed by atoms with Crippen molar-refractivity contribution in [3.8, 4) is 0 Å². The smallest absolute Gasteiger partial charge is 0.109 e. The van der Waals surface area contributed by atoms with Gasteiger partial charge in [0.2, 0.25) is 0 Å². The van der Waals surface area contributed by atoms with Crippen LogP contribution < -0.4 is 11.3 Å². The maximum atomic E-state index is 5.58. The minimum absolute atomic E-state index is 0.179. The fraction of sp³-hybridized carbons (Fsp3) is 0.333. The van der Waals surface area contributed by atoms with Crippen molar-refractivity contribution >= 4 is 0 Å². The van der Waals surface area contributed by atoms with E-state index < -0.39 is 0 Å². The molecule has 0 aliphatic heterocycles. The Kier molecular flexibility index (Phi) is 3.85. The molecule has 0 fully saturated rings. The molecule has 5 heteroatoms. The van der Waals surface area contributed by atoms with Crippen LogP contribution in [0.25, 0.3) is 0 Å². The highest BCUT2D eigenvalue weighted by atomic mass is 15.2. The number of aromatic nitrogens is 3. The van der Waals surface area contributed by atoms with Gasteiger partial charge in [0.25, 0.3) is 0 Å². The molecule has 0 saturated heterocycles. The summed E-state index contributed by atoms with van der Waals surface area (Å²) in [5, 5.41) is 0. The van der Waals surface area contributed by atoms with Crippen molar-refractivity contribution in [2.75, 3.05) is 0 Å². The van der Waals surface area contributed by atoms with E-state index in [2.05, 4.69) is 15.4 Å². The summed E-state index contributed by atoms with van der Waals surface area (Å²) in [5.41, 5.74) is 4.06. The lowest BCUT2D eigenvalue weighted by atomic mass is 10.0. The van der Waals surface area contributed by atoms with Gasteiger partial charge in [0.1, 0.15) is 5.82 Å². The number of hydrogen-bond acceptors (Lipinski definition) is 4. The van der Waals surface area contributed by atoms with Crippen molar-refractivity contribution in [2.24, 2.45) is 12.9 Å². The van der Waals surface area contributed by atoms with Crippen LogP contribution in [0.3, 0.4) is 0 Å². The monoisotopic (exact) mass is 231 g/mol. The topological polar surface area (TPSA) is 68.8 Å². The van der Waals surface area contributed by atoms with Gasteiger partial charge in [-0.1, -0.05) is 0 Å². The van der Waals surface area contributed by atoms with Gasteiger partial charge in [-0.3, -0.25) is 16.3 Å². The first kappa shape index (κ1) is 11.8. The molecule has 0 aromatic carbocycles. The molecule has 3 N–H and O–H groups in total. The number of nitrogens with two attached hydrogens (primary N) is 1. The second-order valence-corrected chi connectivity index (χ2v) is 4.08. The van der Waals surface area contributed by atoms with Crippen LogP contribution in [0.2, 0.25) is 0 Å². The van der Waals surface area contributed by atoms with Crippen LogP contribution in [-0.4, -0.2) is 20.6 Å². The van der Waals surface area contributed by atoms with Gasteiger partial charge in [0.15, 0.2) is 0 Å². The predicted octanol–water partition coefficient (Wildman–Crippen LogP) is 0.432. The predicted molar refractivity (Wildman–Crippen MR) is 66.0 cm³/mol. The van der Waals surface area contributed by atoms with Crippen molar-refractivity contribution in [3.05, 3.63) is 48.3 Å². The molecule has 2 aromatic rings. The molecule has 2 heterocycles. The van der Waals surface area contributed by atoms with E-state index in [1.807, 2.05) is 29.9 Å². The second-order valence-electron chi connectivity index (χ2n) is 4.08. The van der Waals surface area contributed by atoms with Gasteiger partial charge in [0, 0.05) is 44.3 Å². The van der Waals surface area contributed by atoms with E-state index >= 15 is 0 Å². The molecule has 1 atom stereocenters. The second kappa shape index (κ2) is 5.56. The number of rotatable bonds is 5. The Hall–Kier alpha value is -1.72. The molecular formula is C12H17N5. The Labute approximate surface area is 101 Å². The number of imidazole rings is 1. The largest absolute Gasteiger partial charge is 0.338 e. The van der Waals surface area contributed by atoms with E-state index in [0.717, 1.165) is 18.7 Å². The molecule has 1 unspecified atom stereocenters. The van der Waals surface area contributed by atoms with E-state index in [1.165, 1.54) is 5.56 Å². The van der Waals surface area contributed by atoms with E-state index in [0.29, 0.717) is 0 Å². The zero-order chi connectivity index (χ0) is 12.1. The van der Waals surface area contributed by atoms with Gasteiger partial charge in [-0.2, -0.15) is 0 Å². The lowest BCUT2D eigenvalue weighted by Crippen LogP contribution is -2.39. The van der Waals surface area contributed by atoms with Gasteiger partial charge in [-0.05, 0) is 24.1 Å². The summed E-state index contributed by atoms with van der Waals surface area (Å²) >= 11 is 0. The Bertz CT molecular complexity index is 451. The number of hydrazine groups is 1. The van der Waals surface area contributed by atoms with Crippen LogP contribution in [0.15, 0.2) is 36.9 Å². The summed E-state index contributed by atoms with van der Waals surface area (Å²) in [4.78, 5) is 8.30. The summed E-state index contributed by atoms with van der Waals surface area (Å²) in [6, 6.07) is 4.18. The van der Waals surface area contributed by atoms with Crippen LogP contribution in [0.4, 0.5) is 0 Å². The molecule has 2 aromatic heterocycles. The molecule has 0 saturated carbocycles. The zero-order valence-corrected chi connectivity index (χ0v) is 9.87. The van der Waals surface area contributed by atoms with Crippen molar-refractivity contribution in [1.29, 1.82) is 0 Å². The molecule has 5 nitrogen and oxygen atoms in total. The van der Waals surface area contributed by atoms with Crippen LogP contribution in [0.1, 0.15) is 11.4 Å². The lowest BCUT2D eigenvalue weighted by molar-refractivity contribution is 0.504. The molecule has 2 rings (SSSR count). The Morgan fingerprint density at radius 2 is 2.06 bits per heavy atom. The van der Waals surface area contributed by atoms with E-state index in [9.17, 15) is 0 Å². The average Bonchev–Trinajstić information content (AvgIpc) is 2.75. The minimum atomic E-state index is 0.179. The molecule has 90 valence electrons. The van der Waals surface area contributed by atoms with Gasteiger partial charge >= 0.3 is 0 Å². The first-order valence-electron chi connectivity index (χ1n) is 5.61. The standard InChI is InChI=1S/C12H17N5/c1-17-7-6-15-12(17)9-11(16-13)8-10-2-4-14-5-3-10/h2-7,11,16H,8-9,13H2,1H3. The van der Waals surface area contributed by atoms with Gasteiger partial charge < -0.3 is 4.57 Å². The number of nitrogens with one attached hydrogen (secondary N) is 1. The summed E-state index contributed by atoms with van der Waals surface area (Å²) in [6.07, 6.45) is 9.01. The van der Waals surface area contributed by atoms with Gasteiger partial charge in [-0.25, -0.2) is 4.98 Å². The van der Waals surface area contributed by atoms with E-state index in [4.69, 9.17) is 5.84 Å². The van der Waals surface area contributed by atoms with E-state index in [-0.39, 0.29) is 6.04 Å². The maximum absolute atomic E-state index is 5.58. The Morgan fingerprint density at radius 3 is 2.65 bits per heavy atom. The SMILES string of the molecule is Cn1ccnc1CC(Cc1ccncc1)NN. The molecule has 0 aliphatic rings. The molecule has 17 heavy (non-hydrogen) atoms. The lowest BCUT2D eigenvalue weighted by Gasteiger charge is -2.15. The third-order valence-electron chi connectivity index (χ3n) is 2.82. The summed E-state index contributed by atoms with van der Waals surface area (Å²) < 4.78 is 2.01. The molecule has 0 aliphatic carbocycles. The highest BCUT2D eigenvalue weighted by Crippen LogP contribution is 2.06. The van der Waals surface area contributed by atoms with Crippen LogP contribution >= 0.6 is 0 Å². The van der Waals surface area contributed by atoms with Crippen molar-refractivity contribution < 1.29 is 0 Å². The van der Waals surface area contributed by atoms with E-state index in [1.54, 1.807) is 18.6 Å². The zero-order valence-electron chi connectivity index (χ0n) is 9.87. The molecule has 0 spiro atoms. The fourth-order valence-electron chi connectivity index (χ4n) is 1.81. The number of pyridine rings is 1. The minimum Gasteiger partial charge on any atom is -0.338 e. The molecular weight excluding hydrogens is 214 g/mol. The third kappa shape index (κ3) is 3.12. The fourth-order valence-corrected chi connectivity index (χ4v) is 1.81. The maximum Gasteiger partial charge on any atom is 0.109 e. The van der Waals surface area contributed by atoms with Gasteiger partial charge in [-0.15, -0.1) is 0 Å². The molecule has 0 amide bonds.